The maximum atomic E-state index is 11.6. The fourth-order valence-electron chi connectivity index (χ4n) is 6.71. The normalized spacial score (nSPS) is 17.2. The van der Waals surface area contributed by atoms with Crippen molar-refractivity contribution in [2.75, 3.05) is 48.5 Å². The van der Waals surface area contributed by atoms with E-state index in [1.807, 2.05) is 43.4 Å². The molecule has 8 rings (SSSR count). The van der Waals surface area contributed by atoms with Crippen molar-refractivity contribution in [1.29, 1.82) is 0 Å². The van der Waals surface area contributed by atoms with Gasteiger partial charge in [0.15, 0.2) is 34.5 Å². The Hall–Kier alpha value is -4.82. The lowest BCUT2D eigenvalue weighted by atomic mass is 9.88. The Morgan fingerprint density at radius 1 is 0.800 bits per heavy atom. The molecule has 1 atom stereocenters. The summed E-state index contributed by atoms with van der Waals surface area (Å²) in [6.45, 7) is 1.63. The maximum Gasteiger partial charge on any atom is 0.202 e. The zero-order chi connectivity index (χ0) is 31.2. The van der Waals surface area contributed by atoms with Gasteiger partial charge in [-0.25, -0.2) is 0 Å². The van der Waals surface area contributed by atoms with Gasteiger partial charge in [0, 0.05) is 43.5 Å². The van der Waals surface area contributed by atoms with E-state index in [2.05, 4.69) is 47.2 Å². The van der Waals surface area contributed by atoms with Gasteiger partial charge in [0.2, 0.25) is 5.75 Å². The molecule has 0 fully saturated rings. The van der Waals surface area contributed by atoms with Crippen molar-refractivity contribution in [3.8, 4) is 46.0 Å². The molecular formula is C37H38N2O6. The molecule has 45 heavy (non-hydrogen) atoms. The van der Waals surface area contributed by atoms with Gasteiger partial charge < -0.3 is 33.7 Å². The predicted molar refractivity (Wildman–Crippen MR) is 173 cm³/mol. The van der Waals surface area contributed by atoms with Crippen LogP contribution in [-0.4, -0.2) is 63.4 Å². The van der Waals surface area contributed by atoms with Crippen LogP contribution in [0.5, 0.6) is 46.0 Å². The number of phenols is 1. The Bertz CT molecular complexity index is 1900. The van der Waals surface area contributed by atoms with Gasteiger partial charge in [-0.1, -0.05) is 24.3 Å². The summed E-state index contributed by atoms with van der Waals surface area (Å²) in [5, 5.41) is 13.4. The smallest absolute Gasteiger partial charge is 0.202 e. The summed E-state index contributed by atoms with van der Waals surface area (Å²) in [7, 11) is 9.08. The Morgan fingerprint density at radius 2 is 1.53 bits per heavy atom. The van der Waals surface area contributed by atoms with Crippen molar-refractivity contribution in [3.63, 3.8) is 0 Å². The highest BCUT2D eigenvalue weighted by Gasteiger charge is 2.29. The summed E-state index contributed by atoms with van der Waals surface area (Å²) in [6, 6.07) is 20.5. The number of likely N-dealkylation sites (N-methyl/N-ethyl adjacent to an activating group) is 2. The van der Waals surface area contributed by atoms with Gasteiger partial charge in [0.25, 0.3) is 0 Å². The van der Waals surface area contributed by atoms with Crippen molar-refractivity contribution in [1.82, 2.24) is 9.80 Å². The van der Waals surface area contributed by atoms with Crippen molar-refractivity contribution >= 4 is 11.8 Å². The fourth-order valence-corrected chi connectivity index (χ4v) is 6.71. The fraction of sp³-hybridized carbons (Fsp3) is 0.297. The summed E-state index contributed by atoms with van der Waals surface area (Å²) in [5.74, 6) is 3.84. The van der Waals surface area contributed by atoms with Gasteiger partial charge in [-0.2, -0.15) is 0 Å². The van der Waals surface area contributed by atoms with Crippen molar-refractivity contribution in [2.24, 2.45) is 0 Å². The minimum absolute atomic E-state index is 0.0569. The molecule has 0 unspecified atom stereocenters. The zero-order valence-electron chi connectivity index (χ0n) is 26.3. The van der Waals surface area contributed by atoms with Crippen LogP contribution < -0.4 is 34.1 Å². The van der Waals surface area contributed by atoms with Crippen LogP contribution in [0.1, 0.15) is 28.3 Å². The number of phenolic OH excluding ortho intramolecular Hbond substituents is 1. The third-order valence-corrected chi connectivity index (χ3v) is 9.25. The summed E-state index contributed by atoms with van der Waals surface area (Å²) >= 11 is 0. The summed E-state index contributed by atoms with van der Waals surface area (Å²) in [5.41, 5.74) is 5.64. The first kappa shape index (κ1) is 28.9. The molecule has 0 amide bonds. The highest BCUT2D eigenvalue weighted by molar-refractivity contribution is 5.65. The predicted octanol–water partition coefficient (Wildman–Crippen LogP) is 5.16. The molecular weight excluding hydrogens is 568 g/mol. The molecule has 0 saturated heterocycles. The van der Waals surface area contributed by atoms with Crippen molar-refractivity contribution in [2.45, 2.75) is 25.3 Å². The Balaban J connectivity index is 1.51. The van der Waals surface area contributed by atoms with Crippen LogP contribution >= 0.6 is 0 Å². The lowest BCUT2D eigenvalue weighted by molar-refractivity contribution is 0.228. The van der Waals surface area contributed by atoms with E-state index in [9.17, 15) is 5.11 Å². The van der Waals surface area contributed by atoms with Crippen LogP contribution in [0.3, 0.4) is 0 Å². The molecule has 8 nitrogen and oxygen atoms in total. The summed E-state index contributed by atoms with van der Waals surface area (Å²) in [6.07, 6.45) is 4.40. The first-order chi connectivity index (χ1) is 21.9. The molecule has 4 aliphatic heterocycles. The molecule has 0 radical (unpaired) electrons. The SMILES string of the molecule is COc1ccc2cc1Oc1ccc(cc1)C[C@@H]1c3cc(c(OC)cc3CCN1C)Oc1c(O)c(OC)cc3c1=C(C2)N(C)CC=3. The molecule has 4 heterocycles. The Morgan fingerprint density at radius 3 is 2.29 bits per heavy atom. The number of hydrogen-bond donors (Lipinski definition) is 1. The maximum absolute atomic E-state index is 11.6. The number of benzene rings is 4. The van der Waals surface area contributed by atoms with E-state index in [-0.39, 0.29) is 11.8 Å². The molecule has 0 spiro atoms. The molecule has 0 saturated carbocycles. The standard InChI is InChI=1S/C37H38N2O6/c1-38-14-12-24-19-31(42-4)33-21-27(24)28(38)16-22-6-9-26(10-7-22)44-32-18-23(8-11-30(32)41-3)17-29-35-25(13-15-39(29)2)20-34(43-5)36(40)37(35)45-33/h6-11,13,18-21,28,40H,12,14-17H2,1-5H3/t28-/m1/s1. The number of rotatable bonds is 3. The van der Waals surface area contributed by atoms with E-state index in [1.165, 1.54) is 16.7 Å². The van der Waals surface area contributed by atoms with Crippen LogP contribution in [-0.2, 0) is 19.3 Å². The average molecular weight is 607 g/mol. The van der Waals surface area contributed by atoms with E-state index in [0.717, 1.165) is 46.8 Å². The van der Waals surface area contributed by atoms with Crippen LogP contribution in [0.25, 0.3) is 11.8 Å². The van der Waals surface area contributed by atoms with Gasteiger partial charge in [-0.15, -0.1) is 0 Å². The topological polar surface area (TPSA) is 72.9 Å². The molecule has 0 aromatic heterocycles. The van der Waals surface area contributed by atoms with Crippen LogP contribution in [0.15, 0.2) is 60.7 Å². The second kappa shape index (κ2) is 11.6. The number of ether oxygens (including phenoxy) is 5. The van der Waals surface area contributed by atoms with Gasteiger partial charge in [-0.3, -0.25) is 4.90 Å². The number of fused-ring (bicyclic) bond motifs is 2. The highest BCUT2D eigenvalue weighted by Crippen LogP contribution is 2.43. The molecule has 1 N–H and O–H groups in total. The van der Waals surface area contributed by atoms with Crippen molar-refractivity contribution < 1.29 is 28.8 Å². The highest BCUT2D eigenvalue weighted by atomic mass is 16.5. The first-order valence-corrected chi connectivity index (χ1v) is 15.2. The van der Waals surface area contributed by atoms with Gasteiger partial charge in [0.1, 0.15) is 5.75 Å². The molecule has 8 heteroatoms. The van der Waals surface area contributed by atoms with Crippen LogP contribution in [0.4, 0.5) is 0 Å². The number of aromatic hydroxyl groups is 1. The average Bonchev–Trinajstić information content (AvgIpc) is 3.05. The molecule has 232 valence electrons. The monoisotopic (exact) mass is 606 g/mol. The Labute approximate surface area is 263 Å². The zero-order valence-corrected chi connectivity index (χ0v) is 26.3. The van der Waals surface area contributed by atoms with Crippen LogP contribution in [0, 0.1) is 0 Å². The molecule has 4 aromatic rings. The largest absolute Gasteiger partial charge is 0.502 e. The van der Waals surface area contributed by atoms with Gasteiger partial charge in [0.05, 0.1) is 21.3 Å². The lowest BCUT2D eigenvalue weighted by Crippen LogP contribution is -2.40. The minimum Gasteiger partial charge on any atom is -0.502 e. The van der Waals surface area contributed by atoms with E-state index in [0.29, 0.717) is 47.5 Å². The Kier molecular flexibility index (Phi) is 7.45. The third-order valence-electron chi connectivity index (χ3n) is 9.25. The van der Waals surface area contributed by atoms with E-state index < -0.39 is 0 Å². The molecule has 4 aliphatic rings. The first-order valence-electron chi connectivity index (χ1n) is 15.2. The lowest BCUT2D eigenvalue weighted by Gasteiger charge is -2.35. The molecule has 0 aliphatic carbocycles. The van der Waals surface area contributed by atoms with Crippen molar-refractivity contribution in [3.05, 3.63) is 93.4 Å². The van der Waals surface area contributed by atoms with E-state index >= 15 is 0 Å². The van der Waals surface area contributed by atoms with E-state index in [1.54, 1.807) is 21.3 Å². The van der Waals surface area contributed by atoms with Gasteiger partial charge in [-0.05, 0) is 89.8 Å². The number of nitrogens with zero attached hydrogens (tertiary/aromatic N) is 2. The summed E-state index contributed by atoms with van der Waals surface area (Å²) < 4.78 is 30.4. The molecule has 6 bridgehead atoms. The number of hydrogen-bond acceptors (Lipinski definition) is 8. The summed E-state index contributed by atoms with van der Waals surface area (Å²) in [4.78, 5) is 4.57. The second-order valence-electron chi connectivity index (χ2n) is 11.9. The number of methoxy groups -OCH3 is 3. The minimum atomic E-state index is -0.0569. The van der Waals surface area contributed by atoms with E-state index in [4.69, 9.17) is 23.7 Å². The second-order valence-corrected chi connectivity index (χ2v) is 11.9. The molecule has 4 aromatic carbocycles. The quantitative estimate of drug-likeness (QED) is 0.343. The third kappa shape index (κ3) is 5.19. The van der Waals surface area contributed by atoms with Gasteiger partial charge >= 0.3 is 0 Å². The van der Waals surface area contributed by atoms with Crippen LogP contribution in [0.2, 0.25) is 0 Å².